The molecule has 9 heteroatoms. The van der Waals surface area contributed by atoms with Crippen molar-refractivity contribution in [2.24, 2.45) is 7.05 Å². The van der Waals surface area contributed by atoms with Gasteiger partial charge in [0.05, 0.1) is 6.54 Å². The second-order valence-electron chi connectivity index (χ2n) is 7.31. The first-order valence-electron chi connectivity index (χ1n) is 9.35. The van der Waals surface area contributed by atoms with Crippen LogP contribution in [0.25, 0.3) is 0 Å². The highest BCUT2D eigenvalue weighted by atomic mass is 15.3. The average molecular weight is 357 g/mol. The van der Waals surface area contributed by atoms with E-state index in [1.165, 1.54) is 12.8 Å². The number of piperidine rings is 1. The van der Waals surface area contributed by atoms with Crippen molar-refractivity contribution in [3.8, 4) is 0 Å². The lowest BCUT2D eigenvalue weighted by Gasteiger charge is -2.33. The van der Waals surface area contributed by atoms with E-state index < -0.39 is 0 Å². The summed E-state index contributed by atoms with van der Waals surface area (Å²) in [7, 11) is 2.08. The lowest BCUT2D eigenvalue weighted by Crippen LogP contribution is -2.36. The Morgan fingerprint density at radius 2 is 1.88 bits per heavy atom. The zero-order valence-corrected chi connectivity index (χ0v) is 15.3. The maximum absolute atomic E-state index is 5.83. The summed E-state index contributed by atoms with van der Waals surface area (Å²) in [4.78, 5) is 13.0. The van der Waals surface area contributed by atoms with Crippen molar-refractivity contribution in [1.82, 2.24) is 29.6 Å². The Morgan fingerprint density at radius 1 is 1.08 bits per heavy atom. The van der Waals surface area contributed by atoms with Crippen molar-refractivity contribution in [2.75, 3.05) is 42.5 Å². The number of nitrogens with two attached hydrogens (primary N) is 2. The molecule has 0 aromatic carbocycles. The first-order valence-corrected chi connectivity index (χ1v) is 9.35. The van der Waals surface area contributed by atoms with Gasteiger partial charge in [-0.3, -0.25) is 4.90 Å². The topological polar surface area (TPSA) is 115 Å². The highest BCUT2D eigenvalue weighted by molar-refractivity contribution is 5.50. The van der Waals surface area contributed by atoms with Crippen LogP contribution < -0.4 is 16.4 Å². The fourth-order valence-corrected chi connectivity index (χ4v) is 4.04. The summed E-state index contributed by atoms with van der Waals surface area (Å²) in [5, 5.41) is 8.99. The lowest BCUT2D eigenvalue weighted by atomic mass is 9.97. The van der Waals surface area contributed by atoms with Crippen molar-refractivity contribution in [3.05, 3.63) is 17.7 Å². The number of aromatic nitrogens is 5. The molecular weight excluding hydrogens is 330 g/mol. The van der Waals surface area contributed by atoms with Gasteiger partial charge in [-0.25, -0.2) is 0 Å². The van der Waals surface area contributed by atoms with Crippen molar-refractivity contribution >= 4 is 17.6 Å². The standard InChI is InChI=1S/C17H27N9/c1-24-15(11-25-6-2-3-7-25)22-23-16(24)12-5-4-8-26(10-12)14-9-13(18)20-17(19)21-14/h9,12H,2-8,10-11H2,1H3,(H4,18,19,20,21)/t12-/m0/s1. The molecule has 2 aliphatic heterocycles. The molecule has 0 spiro atoms. The third-order valence-electron chi connectivity index (χ3n) is 5.42. The van der Waals surface area contributed by atoms with Crippen LogP contribution in [-0.2, 0) is 13.6 Å². The van der Waals surface area contributed by atoms with Crippen LogP contribution in [0.3, 0.4) is 0 Å². The molecule has 0 unspecified atom stereocenters. The Labute approximate surface area is 153 Å². The molecule has 4 rings (SSSR count). The summed E-state index contributed by atoms with van der Waals surface area (Å²) in [6, 6.07) is 1.79. The largest absolute Gasteiger partial charge is 0.383 e. The highest BCUT2D eigenvalue weighted by Gasteiger charge is 2.27. The molecule has 26 heavy (non-hydrogen) atoms. The Kier molecular flexibility index (Phi) is 4.62. The Morgan fingerprint density at radius 3 is 2.65 bits per heavy atom. The molecule has 1 atom stereocenters. The number of hydrogen-bond acceptors (Lipinski definition) is 8. The maximum Gasteiger partial charge on any atom is 0.223 e. The quantitative estimate of drug-likeness (QED) is 0.824. The van der Waals surface area contributed by atoms with E-state index in [0.717, 1.165) is 63.0 Å². The van der Waals surface area contributed by atoms with Crippen molar-refractivity contribution in [1.29, 1.82) is 0 Å². The molecule has 2 saturated heterocycles. The van der Waals surface area contributed by atoms with Gasteiger partial charge < -0.3 is 20.9 Å². The second kappa shape index (κ2) is 7.06. The fourth-order valence-electron chi connectivity index (χ4n) is 4.04. The number of likely N-dealkylation sites (tertiary alicyclic amines) is 1. The van der Waals surface area contributed by atoms with Gasteiger partial charge in [0.15, 0.2) is 0 Å². The zero-order valence-electron chi connectivity index (χ0n) is 15.3. The van der Waals surface area contributed by atoms with Gasteiger partial charge >= 0.3 is 0 Å². The van der Waals surface area contributed by atoms with E-state index in [9.17, 15) is 0 Å². The number of hydrogen-bond donors (Lipinski definition) is 2. The van der Waals surface area contributed by atoms with Gasteiger partial charge in [-0.1, -0.05) is 0 Å². The monoisotopic (exact) mass is 357 g/mol. The van der Waals surface area contributed by atoms with E-state index in [0.29, 0.717) is 11.7 Å². The number of rotatable bonds is 4. The van der Waals surface area contributed by atoms with Gasteiger partial charge in [0.25, 0.3) is 0 Å². The van der Waals surface area contributed by atoms with Crippen LogP contribution in [0.2, 0.25) is 0 Å². The normalized spacial score (nSPS) is 21.4. The molecule has 0 amide bonds. The summed E-state index contributed by atoms with van der Waals surface area (Å²) in [6.45, 7) is 4.99. The molecule has 0 aliphatic carbocycles. The second-order valence-corrected chi connectivity index (χ2v) is 7.31. The molecule has 4 N–H and O–H groups in total. The number of nitrogens with zero attached hydrogens (tertiary/aromatic N) is 7. The van der Waals surface area contributed by atoms with Gasteiger partial charge in [-0.15, -0.1) is 10.2 Å². The maximum atomic E-state index is 5.83. The molecule has 0 bridgehead atoms. The minimum Gasteiger partial charge on any atom is -0.383 e. The third-order valence-corrected chi connectivity index (χ3v) is 5.42. The van der Waals surface area contributed by atoms with Crippen LogP contribution in [0.4, 0.5) is 17.6 Å². The van der Waals surface area contributed by atoms with Crippen LogP contribution in [-0.4, -0.2) is 55.8 Å². The minimum atomic E-state index is 0.216. The Balaban J connectivity index is 1.50. The van der Waals surface area contributed by atoms with Crippen LogP contribution in [0.1, 0.15) is 43.3 Å². The molecule has 2 fully saturated rings. The summed E-state index contributed by atoms with van der Waals surface area (Å²) in [5.41, 5.74) is 11.6. The van der Waals surface area contributed by atoms with Crippen LogP contribution in [0.15, 0.2) is 6.07 Å². The smallest absolute Gasteiger partial charge is 0.223 e. The summed E-state index contributed by atoms with van der Waals surface area (Å²) in [5.74, 6) is 3.84. The van der Waals surface area contributed by atoms with E-state index in [-0.39, 0.29) is 5.95 Å². The van der Waals surface area contributed by atoms with Crippen LogP contribution in [0, 0.1) is 0 Å². The first-order chi connectivity index (χ1) is 12.6. The SMILES string of the molecule is Cn1c(CN2CCCC2)nnc1[C@H]1CCCN(c2cc(N)nc(N)n2)C1. The third kappa shape index (κ3) is 3.44. The van der Waals surface area contributed by atoms with E-state index in [1.807, 2.05) is 0 Å². The van der Waals surface area contributed by atoms with Gasteiger partial charge in [0, 0.05) is 32.1 Å². The van der Waals surface area contributed by atoms with E-state index in [4.69, 9.17) is 11.5 Å². The van der Waals surface area contributed by atoms with Crippen LogP contribution >= 0.6 is 0 Å². The summed E-state index contributed by atoms with van der Waals surface area (Å²) >= 11 is 0. The molecule has 0 radical (unpaired) electrons. The van der Waals surface area contributed by atoms with E-state index in [2.05, 4.69) is 41.6 Å². The van der Waals surface area contributed by atoms with E-state index >= 15 is 0 Å². The molecular formula is C17H27N9. The summed E-state index contributed by atoms with van der Waals surface area (Å²) < 4.78 is 2.18. The molecule has 2 aromatic heterocycles. The average Bonchev–Trinajstić information content (AvgIpc) is 3.25. The lowest BCUT2D eigenvalue weighted by molar-refractivity contribution is 0.317. The first kappa shape index (κ1) is 17.0. The Hall–Kier alpha value is -2.42. The number of nitrogen functional groups attached to an aromatic ring is 2. The highest BCUT2D eigenvalue weighted by Crippen LogP contribution is 2.29. The molecule has 4 heterocycles. The molecule has 2 aliphatic rings. The van der Waals surface area contributed by atoms with Crippen molar-refractivity contribution < 1.29 is 0 Å². The van der Waals surface area contributed by atoms with E-state index in [1.54, 1.807) is 6.07 Å². The summed E-state index contributed by atoms with van der Waals surface area (Å²) in [6.07, 6.45) is 4.74. The van der Waals surface area contributed by atoms with Crippen LogP contribution in [0.5, 0.6) is 0 Å². The molecule has 140 valence electrons. The minimum absolute atomic E-state index is 0.216. The molecule has 2 aromatic rings. The molecule has 0 saturated carbocycles. The predicted octanol–water partition coefficient (Wildman–Crippen LogP) is 0.749. The van der Waals surface area contributed by atoms with Gasteiger partial charge in [-0.05, 0) is 38.8 Å². The van der Waals surface area contributed by atoms with Gasteiger partial charge in [0.2, 0.25) is 5.95 Å². The van der Waals surface area contributed by atoms with Gasteiger partial charge in [-0.2, -0.15) is 9.97 Å². The Bertz CT molecular complexity index is 745. The number of anilines is 3. The predicted molar refractivity (Wildman–Crippen MR) is 101 cm³/mol. The van der Waals surface area contributed by atoms with Crippen molar-refractivity contribution in [2.45, 2.75) is 38.1 Å². The fraction of sp³-hybridized carbons (Fsp3) is 0.647. The molecule has 9 nitrogen and oxygen atoms in total. The van der Waals surface area contributed by atoms with Gasteiger partial charge in [0.1, 0.15) is 23.3 Å². The van der Waals surface area contributed by atoms with Crippen molar-refractivity contribution in [3.63, 3.8) is 0 Å². The zero-order chi connectivity index (χ0) is 18.1.